The zero-order valence-corrected chi connectivity index (χ0v) is 21.7. The van der Waals surface area contributed by atoms with Crippen molar-refractivity contribution in [3.8, 4) is 0 Å². The number of aromatic nitrogens is 2. The molecule has 0 aliphatic carbocycles. The van der Waals surface area contributed by atoms with E-state index in [9.17, 15) is 19.2 Å². The van der Waals surface area contributed by atoms with Crippen LogP contribution < -0.4 is 32.3 Å². The standard InChI is InChI=1S/C26H30N8O5/c1-4-12-29-22-20(14-30-25(34-22)33-17-10-8-16(9-11-17)21(27)35)24(37)32-19-7-5-6-18(13-19)31-23(36)15(2)39-26(38)28-3/h5-11,13-15H,4,12H2,1-3H3,(H2,27,35)(H,28,38)(H,31,36)(H,32,37)(H2,29,30,33,34). The lowest BCUT2D eigenvalue weighted by molar-refractivity contribution is -0.123. The van der Waals surface area contributed by atoms with Gasteiger partial charge in [-0.3, -0.25) is 14.4 Å². The minimum absolute atomic E-state index is 0.208. The van der Waals surface area contributed by atoms with Crippen LogP contribution in [0.25, 0.3) is 0 Å². The number of nitrogens with zero attached hydrogens (tertiary/aromatic N) is 2. The Balaban J connectivity index is 1.73. The second kappa shape index (κ2) is 13.4. The summed E-state index contributed by atoms with van der Waals surface area (Å²) < 4.78 is 4.92. The van der Waals surface area contributed by atoms with E-state index in [1.165, 1.54) is 20.2 Å². The fraction of sp³-hybridized carbons (Fsp3) is 0.231. The first kappa shape index (κ1) is 28.4. The number of nitrogens with one attached hydrogen (secondary N) is 5. The molecule has 13 heteroatoms. The number of carbonyl (C=O) groups is 4. The van der Waals surface area contributed by atoms with Gasteiger partial charge >= 0.3 is 6.09 Å². The van der Waals surface area contributed by atoms with Crippen molar-refractivity contribution in [2.45, 2.75) is 26.4 Å². The van der Waals surface area contributed by atoms with Gasteiger partial charge in [0.05, 0.1) is 0 Å². The number of benzene rings is 2. The van der Waals surface area contributed by atoms with Crippen molar-refractivity contribution in [2.24, 2.45) is 5.73 Å². The number of rotatable bonds is 11. The Morgan fingerprint density at radius 1 is 1.00 bits per heavy atom. The summed E-state index contributed by atoms with van der Waals surface area (Å²) in [6.07, 6.45) is 0.437. The van der Waals surface area contributed by atoms with Crippen LogP contribution in [0.2, 0.25) is 0 Å². The van der Waals surface area contributed by atoms with Gasteiger partial charge in [-0.2, -0.15) is 4.98 Å². The number of hydrogen-bond donors (Lipinski definition) is 6. The molecule has 0 radical (unpaired) electrons. The number of hydrogen-bond acceptors (Lipinski definition) is 9. The maximum Gasteiger partial charge on any atom is 0.407 e. The molecule has 204 valence electrons. The molecule has 1 unspecified atom stereocenters. The molecule has 3 aromatic rings. The molecule has 4 amide bonds. The van der Waals surface area contributed by atoms with E-state index < -0.39 is 29.9 Å². The number of alkyl carbamates (subject to hydrolysis) is 1. The van der Waals surface area contributed by atoms with Gasteiger partial charge in [0.2, 0.25) is 11.9 Å². The normalized spacial score (nSPS) is 11.1. The van der Waals surface area contributed by atoms with Crippen LogP contribution in [-0.2, 0) is 9.53 Å². The monoisotopic (exact) mass is 534 g/mol. The summed E-state index contributed by atoms with van der Waals surface area (Å²) in [6.45, 7) is 3.99. The largest absolute Gasteiger partial charge is 0.436 e. The van der Waals surface area contributed by atoms with Gasteiger partial charge in [-0.05, 0) is 55.8 Å². The number of nitrogens with two attached hydrogens (primary N) is 1. The van der Waals surface area contributed by atoms with E-state index in [0.717, 1.165) is 6.42 Å². The van der Waals surface area contributed by atoms with Crippen LogP contribution in [0.1, 0.15) is 41.0 Å². The topological polar surface area (TPSA) is 189 Å². The van der Waals surface area contributed by atoms with E-state index in [2.05, 4.69) is 36.6 Å². The number of carbonyl (C=O) groups excluding carboxylic acids is 4. The van der Waals surface area contributed by atoms with E-state index in [-0.39, 0.29) is 11.5 Å². The summed E-state index contributed by atoms with van der Waals surface area (Å²) in [4.78, 5) is 56.7. The Morgan fingerprint density at radius 3 is 2.33 bits per heavy atom. The zero-order valence-electron chi connectivity index (χ0n) is 21.7. The fourth-order valence-corrected chi connectivity index (χ4v) is 3.22. The van der Waals surface area contributed by atoms with Crippen molar-refractivity contribution in [3.05, 3.63) is 65.9 Å². The van der Waals surface area contributed by atoms with Gasteiger partial charge in [0.1, 0.15) is 11.4 Å². The van der Waals surface area contributed by atoms with Crippen LogP contribution in [0.3, 0.4) is 0 Å². The molecule has 1 heterocycles. The molecule has 0 aliphatic rings. The van der Waals surface area contributed by atoms with E-state index in [4.69, 9.17) is 10.5 Å². The molecule has 13 nitrogen and oxygen atoms in total. The molecule has 39 heavy (non-hydrogen) atoms. The maximum absolute atomic E-state index is 13.1. The zero-order chi connectivity index (χ0) is 28.4. The molecule has 0 saturated carbocycles. The summed E-state index contributed by atoms with van der Waals surface area (Å²) in [7, 11) is 1.39. The highest BCUT2D eigenvalue weighted by molar-refractivity contribution is 6.07. The van der Waals surface area contributed by atoms with E-state index >= 15 is 0 Å². The predicted octanol–water partition coefficient (Wildman–Crippen LogP) is 3.08. The van der Waals surface area contributed by atoms with E-state index in [1.807, 2.05) is 6.92 Å². The number of ether oxygens (including phenoxy) is 1. The smallest absolute Gasteiger partial charge is 0.407 e. The third-order valence-corrected chi connectivity index (χ3v) is 5.25. The Labute approximate surface area is 224 Å². The highest BCUT2D eigenvalue weighted by Gasteiger charge is 2.18. The summed E-state index contributed by atoms with van der Waals surface area (Å²) >= 11 is 0. The molecule has 7 N–H and O–H groups in total. The highest BCUT2D eigenvalue weighted by atomic mass is 16.6. The van der Waals surface area contributed by atoms with Gasteiger partial charge in [-0.15, -0.1) is 0 Å². The minimum atomic E-state index is -1.03. The number of anilines is 5. The van der Waals surface area contributed by atoms with Crippen LogP contribution in [0.5, 0.6) is 0 Å². The van der Waals surface area contributed by atoms with E-state index in [1.54, 1.807) is 48.5 Å². The van der Waals surface area contributed by atoms with Crippen molar-refractivity contribution >= 4 is 52.6 Å². The molecule has 0 aliphatic heterocycles. The van der Waals surface area contributed by atoms with Crippen LogP contribution in [0.15, 0.2) is 54.7 Å². The first-order valence-corrected chi connectivity index (χ1v) is 12.1. The Bertz CT molecular complexity index is 1350. The number of amides is 4. The summed E-state index contributed by atoms with van der Waals surface area (Å²) in [5.74, 6) is -0.962. The molecular weight excluding hydrogens is 504 g/mol. The fourth-order valence-electron chi connectivity index (χ4n) is 3.22. The molecule has 0 saturated heterocycles. The molecule has 0 spiro atoms. The quantitative estimate of drug-likeness (QED) is 0.215. The van der Waals surface area contributed by atoms with Crippen molar-refractivity contribution in [1.29, 1.82) is 0 Å². The van der Waals surface area contributed by atoms with Gasteiger partial charge in [0, 0.05) is 42.4 Å². The van der Waals surface area contributed by atoms with E-state index in [0.29, 0.717) is 35.0 Å². The second-order valence-corrected chi connectivity index (χ2v) is 8.27. The van der Waals surface area contributed by atoms with Gasteiger partial charge in [0.25, 0.3) is 11.8 Å². The molecule has 0 fully saturated rings. The molecule has 1 atom stereocenters. The molecule has 1 aromatic heterocycles. The van der Waals surface area contributed by atoms with Crippen molar-refractivity contribution in [3.63, 3.8) is 0 Å². The first-order chi connectivity index (χ1) is 18.7. The lowest BCUT2D eigenvalue weighted by Gasteiger charge is -2.15. The summed E-state index contributed by atoms with van der Waals surface area (Å²) in [5.41, 5.74) is 7.30. The van der Waals surface area contributed by atoms with Crippen molar-refractivity contribution < 1.29 is 23.9 Å². The average Bonchev–Trinajstić information content (AvgIpc) is 2.92. The summed E-state index contributed by atoms with van der Waals surface area (Å²) in [5, 5.41) is 13.9. The van der Waals surface area contributed by atoms with Crippen LogP contribution >= 0.6 is 0 Å². The first-order valence-electron chi connectivity index (χ1n) is 12.1. The molecule has 0 bridgehead atoms. The van der Waals surface area contributed by atoms with Crippen LogP contribution in [0.4, 0.5) is 33.6 Å². The Hall–Kier alpha value is -5.20. The molecule has 2 aromatic carbocycles. The second-order valence-electron chi connectivity index (χ2n) is 8.27. The summed E-state index contributed by atoms with van der Waals surface area (Å²) in [6, 6.07) is 13.0. The Morgan fingerprint density at radius 2 is 1.69 bits per heavy atom. The highest BCUT2D eigenvalue weighted by Crippen LogP contribution is 2.21. The minimum Gasteiger partial charge on any atom is -0.436 e. The van der Waals surface area contributed by atoms with Gasteiger partial charge in [-0.25, -0.2) is 9.78 Å². The van der Waals surface area contributed by atoms with Gasteiger partial charge in [0.15, 0.2) is 6.10 Å². The van der Waals surface area contributed by atoms with Gasteiger partial charge < -0.3 is 37.1 Å². The predicted molar refractivity (Wildman–Crippen MR) is 147 cm³/mol. The van der Waals surface area contributed by atoms with Crippen LogP contribution in [0, 0.1) is 0 Å². The van der Waals surface area contributed by atoms with Crippen LogP contribution in [-0.4, -0.2) is 53.5 Å². The van der Waals surface area contributed by atoms with Gasteiger partial charge in [-0.1, -0.05) is 13.0 Å². The lowest BCUT2D eigenvalue weighted by Crippen LogP contribution is -2.33. The third-order valence-electron chi connectivity index (χ3n) is 5.25. The number of primary amides is 1. The lowest BCUT2D eigenvalue weighted by atomic mass is 10.2. The average molecular weight is 535 g/mol. The Kier molecular flexibility index (Phi) is 9.73. The van der Waals surface area contributed by atoms with Crippen molar-refractivity contribution in [1.82, 2.24) is 15.3 Å². The SMILES string of the molecule is CCCNc1nc(Nc2ccc(C(N)=O)cc2)ncc1C(=O)Nc1cccc(NC(=O)C(C)OC(=O)NC)c1. The molecular formula is C26H30N8O5. The third kappa shape index (κ3) is 8.15. The maximum atomic E-state index is 13.1. The van der Waals surface area contributed by atoms with Crippen molar-refractivity contribution in [2.75, 3.05) is 34.9 Å². The molecule has 3 rings (SSSR count).